The number of methoxy groups -OCH3 is 1. The van der Waals surface area contributed by atoms with E-state index in [9.17, 15) is 4.79 Å². The molecule has 4 rings (SSSR count). The van der Waals surface area contributed by atoms with E-state index < -0.39 is 0 Å². The average Bonchev–Trinajstić information content (AvgIpc) is 3.23. The van der Waals surface area contributed by atoms with E-state index in [1.165, 1.54) is 24.2 Å². The van der Waals surface area contributed by atoms with Crippen LogP contribution in [0.2, 0.25) is 0 Å². The molecular weight excluding hydrogens is 324 g/mol. The molecule has 124 valence electrons. The van der Waals surface area contributed by atoms with Crippen LogP contribution in [0.25, 0.3) is 10.9 Å². The first kappa shape index (κ1) is 15.3. The first-order valence-electron chi connectivity index (χ1n) is 7.98. The van der Waals surface area contributed by atoms with Crippen LogP contribution in [0, 0.1) is 0 Å². The zero-order chi connectivity index (χ0) is 16.5. The van der Waals surface area contributed by atoms with Crippen molar-refractivity contribution in [1.29, 1.82) is 0 Å². The van der Waals surface area contributed by atoms with E-state index in [0.29, 0.717) is 29.9 Å². The molecule has 0 saturated heterocycles. The maximum atomic E-state index is 12.7. The molecule has 7 heteroatoms. The number of anilines is 1. The molecule has 0 aliphatic heterocycles. The van der Waals surface area contributed by atoms with Gasteiger partial charge in [-0.3, -0.25) is 10.1 Å². The number of ether oxygens (including phenoxy) is 1. The number of hydrogen-bond donors (Lipinski definition) is 1. The maximum Gasteiger partial charge on any atom is 0.274 e. The van der Waals surface area contributed by atoms with Crippen molar-refractivity contribution in [2.45, 2.75) is 25.3 Å². The molecule has 1 aliphatic rings. The van der Waals surface area contributed by atoms with Crippen LogP contribution in [0.15, 0.2) is 30.3 Å². The predicted octanol–water partition coefficient (Wildman–Crippen LogP) is 3.27. The number of hydrogen-bond acceptors (Lipinski definition) is 5. The number of carbonyl (C=O) groups is 1. The van der Waals surface area contributed by atoms with Crippen molar-refractivity contribution in [1.82, 2.24) is 14.8 Å². The minimum atomic E-state index is -0.166. The third-order valence-corrected chi connectivity index (χ3v) is 5.15. The van der Waals surface area contributed by atoms with E-state index in [1.807, 2.05) is 34.9 Å². The second-order valence-electron chi connectivity index (χ2n) is 5.91. The zero-order valence-electron chi connectivity index (χ0n) is 13.4. The van der Waals surface area contributed by atoms with E-state index >= 15 is 0 Å². The Morgan fingerprint density at radius 2 is 2.21 bits per heavy atom. The molecule has 3 aromatic rings. The Labute approximate surface area is 143 Å². The standard InChI is InChI=1S/C17H18N4O2S/c1-23-9-8-21-13-5-3-2-4-12(13)10-14(21)15(22)18-17-20-19-16(24-17)11-6-7-11/h2-5,10-11H,6-9H2,1H3,(H,18,20,22). The number of fused-ring (bicyclic) bond motifs is 1. The maximum absolute atomic E-state index is 12.7. The van der Waals surface area contributed by atoms with E-state index in [0.717, 1.165) is 15.9 Å². The van der Waals surface area contributed by atoms with Gasteiger partial charge in [-0.05, 0) is 25.0 Å². The molecule has 0 unspecified atom stereocenters. The molecule has 1 saturated carbocycles. The van der Waals surface area contributed by atoms with Crippen molar-refractivity contribution in [3.05, 3.63) is 41.0 Å². The molecule has 0 atom stereocenters. The number of aromatic nitrogens is 3. The minimum absolute atomic E-state index is 0.166. The summed E-state index contributed by atoms with van der Waals surface area (Å²) in [5.41, 5.74) is 1.63. The quantitative estimate of drug-likeness (QED) is 0.746. The second-order valence-corrected chi connectivity index (χ2v) is 6.92. The van der Waals surface area contributed by atoms with Gasteiger partial charge in [0.25, 0.3) is 5.91 Å². The fourth-order valence-electron chi connectivity index (χ4n) is 2.76. The van der Waals surface area contributed by atoms with E-state index in [1.54, 1.807) is 7.11 Å². The topological polar surface area (TPSA) is 69.0 Å². The molecular formula is C17H18N4O2S. The predicted molar refractivity (Wildman–Crippen MR) is 93.7 cm³/mol. The van der Waals surface area contributed by atoms with Gasteiger partial charge >= 0.3 is 0 Å². The molecule has 1 fully saturated rings. The third kappa shape index (κ3) is 2.92. The first-order chi connectivity index (χ1) is 11.8. The van der Waals surface area contributed by atoms with Crippen molar-refractivity contribution < 1.29 is 9.53 Å². The molecule has 0 bridgehead atoms. The Morgan fingerprint density at radius 1 is 1.38 bits per heavy atom. The lowest BCUT2D eigenvalue weighted by molar-refractivity contribution is 0.101. The fourth-order valence-corrected chi connectivity index (χ4v) is 3.67. The normalized spacial score (nSPS) is 14.2. The highest BCUT2D eigenvalue weighted by molar-refractivity contribution is 7.15. The number of carbonyl (C=O) groups excluding carboxylic acids is 1. The number of nitrogens with zero attached hydrogens (tertiary/aromatic N) is 3. The van der Waals surface area contributed by atoms with Gasteiger partial charge in [0.1, 0.15) is 10.7 Å². The van der Waals surface area contributed by atoms with Crippen molar-refractivity contribution >= 4 is 33.3 Å². The molecule has 1 aromatic carbocycles. The second kappa shape index (κ2) is 6.33. The van der Waals surface area contributed by atoms with Crippen LogP contribution in [0.1, 0.15) is 34.3 Å². The van der Waals surface area contributed by atoms with Crippen molar-refractivity contribution in [2.75, 3.05) is 19.0 Å². The minimum Gasteiger partial charge on any atom is -0.383 e. The number of para-hydroxylation sites is 1. The van der Waals surface area contributed by atoms with Crippen LogP contribution in [0.5, 0.6) is 0 Å². The van der Waals surface area contributed by atoms with Crippen LogP contribution < -0.4 is 5.32 Å². The summed E-state index contributed by atoms with van der Waals surface area (Å²) in [6.07, 6.45) is 2.35. The smallest absolute Gasteiger partial charge is 0.274 e. The monoisotopic (exact) mass is 342 g/mol. The molecule has 2 aromatic heterocycles. The van der Waals surface area contributed by atoms with Crippen molar-refractivity contribution in [3.63, 3.8) is 0 Å². The van der Waals surface area contributed by atoms with Gasteiger partial charge < -0.3 is 9.30 Å². The molecule has 2 heterocycles. The first-order valence-corrected chi connectivity index (χ1v) is 8.80. The lowest BCUT2D eigenvalue weighted by Crippen LogP contribution is -2.18. The lowest BCUT2D eigenvalue weighted by Gasteiger charge is -2.09. The summed E-state index contributed by atoms with van der Waals surface area (Å²) in [4.78, 5) is 12.7. The Morgan fingerprint density at radius 3 is 3.00 bits per heavy atom. The van der Waals surface area contributed by atoms with Crippen molar-refractivity contribution in [2.24, 2.45) is 0 Å². The highest BCUT2D eigenvalue weighted by Crippen LogP contribution is 2.42. The summed E-state index contributed by atoms with van der Waals surface area (Å²) in [6.45, 7) is 1.17. The SMILES string of the molecule is COCCn1c(C(=O)Nc2nnc(C3CC3)s2)cc2ccccc21. The van der Waals surface area contributed by atoms with E-state index in [4.69, 9.17) is 4.74 Å². The van der Waals surface area contributed by atoms with Gasteiger partial charge in [0.2, 0.25) is 5.13 Å². The van der Waals surface area contributed by atoms with E-state index in [-0.39, 0.29) is 5.91 Å². The highest BCUT2D eigenvalue weighted by Gasteiger charge is 2.28. The number of rotatable bonds is 6. The third-order valence-electron chi connectivity index (χ3n) is 4.15. The summed E-state index contributed by atoms with van der Waals surface area (Å²) < 4.78 is 7.16. The van der Waals surface area contributed by atoms with Gasteiger partial charge in [-0.15, -0.1) is 10.2 Å². The molecule has 1 amide bonds. The van der Waals surface area contributed by atoms with Crippen molar-refractivity contribution in [3.8, 4) is 0 Å². The van der Waals surface area contributed by atoms with E-state index in [2.05, 4.69) is 15.5 Å². The summed E-state index contributed by atoms with van der Waals surface area (Å²) in [5.74, 6) is 0.377. The van der Waals surface area contributed by atoms with Crippen LogP contribution in [0.3, 0.4) is 0 Å². The Balaban J connectivity index is 1.62. The number of benzene rings is 1. The van der Waals surface area contributed by atoms with Gasteiger partial charge in [-0.25, -0.2) is 0 Å². The summed E-state index contributed by atoms with van der Waals surface area (Å²) in [6, 6.07) is 9.87. The molecule has 0 spiro atoms. The average molecular weight is 342 g/mol. The number of amides is 1. The molecule has 0 radical (unpaired) electrons. The molecule has 1 aliphatic carbocycles. The van der Waals surface area contributed by atoms with Gasteiger partial charge in [0.15, 0.2) is 0 Å². The lowest BCUT2D eigenvalue weighted by atomic mass is 10.2. The Hall–Kier alpha value is -2.25. The largest absolute Gasteiger partial charge is 0.383 e. The highest BCUT2D eigenvalue weighted by atomic mass is 32.1. The fraction of sp³-hybridized carbons (Fsp3) is 0.353. The van der Waals surface area contributed by atoms with Crippen LogP contribution in [-0.2, 0) is 11.3 Å². The summed E-state index contributed by atoms with van der Waals surface area (Å²) in [7, 11) is 1.66. The van der Waals surface area contributed by atoms with Crippen LogP contribution >= 0.6 is 11.3 Å². The van der Waals surface area contributed by atoms with Gasteiger partial charge in [-0.2, -0.15) is 0 Å². The van der Waals surface area contributed by atoms with Gasteiger partial charge in [0, 0.05) is 30.5 Å². The Kier molecular flexibility index (Phi) is 4.03. The molecule has 24 heavy (non-hydrogen) atoms. The summed E-state index contributed by atoms with van der Waals surface area (Å²) >= 11 is 1.47. The number of nitrogens with one attached hydrogen (secondary N) is 1. The molecule has 6 nitrogen and oxygen atoms in total. The van der Waals surface area contributed by atoms with Crippen LogP contribution in [0.4, 0.5) is 5.13 Å². The van der Waals surface area contributed by atoms with Gasteiger partial charge in [0.05, 0.1) is 6.61 Å². The van der Waals surface area contributed by atoms with Crippen LogP contribution in [-0.4, -0.2) is 34.4 Å². The molecule has 1 N–H and O–H groups in total. The zero-order valence-corrected chi connectivity index (χ0v) is 14.2. The summed E-state index contributed by atoms with van der Waals surface area (Å²) in [5, 5.41) is 13.8. The van der Waals surface area contributed by atoms with Gasteiger partial charge in [-0.1, -0.05) is 29.5 Å². The Bertz CT molecular complexity index is 882.